The first kappa shape index (κ1) is 13.1. The Morgan fingerprint density at radius 3 is 2.61 bits per heavy atom. The lowest BCUT2D eigenvalue weighted by Crippen LogP contribution is -2.50. The number of carbonyl (C=O) groups excluding carboxylic acids is 1. The van der Waals surface area contributed by atoms with E-state index in [1.54, 1.807) is 0 Å². The van der Waals surface area contributed by atoms with Crippen LogP contribution in [0.5, 0.6) is 0 Å². The molecule has 18 heavy (non-hydrogen) atoms. The van der Waals surface area contributed by atoms with Crippen LogP contribution < -0.4 is 5.32 Å². The number of morpholine rings is 1. The van der Waals surface area contributed by atoms with E-state index in [1.165, 1.54) is 5.56 Å². The molecule has 1 aromatic rings. The number of rotatable bonds is 4. The molecule has 98 valence electrons. The maximum atomic E-state index is 12.3. The topological polar surface area (TPSA) is 41.6 Å². The van der Waals surface area contributed by atoms with Gasteiger partial charge in [-0.05, 0) is 19.0 Å². The van der Waals surface area contributed by atoms with Crippen molar-refractivity contribution in [2.24, 2.45) is 0 Å². The second-order valence-corrected chi connectivity index (χ2v) is 4.47. The van der Waals surface area contributed by atoms with Crippen LogP contribution in [0.1, 0.15) is 5.56 Å². The van der Waals surface area contributed by atoms with Gasteiger partial charge in [0.25, 0.3) is 0 Å². The molecule has 4 nitrogen and oxygen atoms in total. The summed E-state index contributed by atoms with van der Waals surface area (Å²) in [5.74, 6) is 0.171. The Bertz CT molecular complexity index is 375. The van der Waals surface area contributed by atoms with Gasteiger partial charge in [0, 0.05) is 13.1 Å². The molecule has 0 radical (unpaired) electrons. The zero-order valence-corrected chi connectivity index (χ0v) is 10.8. The lowest BCUT2D eigenvalue weighted by molar-refractivity contribution is -0.137. The predicted octanol–water partition coefficient (Wildman–Crippen LogP) is 0.676. The van der Waals surface area contributed by atoms with Crippen LogP contribution in [0.25, 0.3) is 0 Å². The molecule has 0 spiro atoms. The van der Waals surface area contributed by atoms with Crippen molar-refractivity contribution < 1.29 is 9.53 Å². The van der Waals surface area contributed by atoms with Gasteiger partial charge in [-0.25, -0.2) is 0 Å². The molecule has 2 rings (SSSR count). The average molecular weight is 248 g/mol. The molecule has 4 heteroatoms. The molecule has 1 fully saturated rings. The van der Waals surface area contributed by atoms with Gasteiger partial charge in [0.1, 0.15) is 0 Å². The number of amides is 1. The van der Waals surface area contributed by atoms with Gasteiger partial charge in [0.05, 0.1) is 19.3 Å². The summed E-state index contributed by atoms with van der Waals surface area (Å²) in [5, 5.41) is 3.12. The van der Waals surface area contributed by atoms with Crippen molar-refractivity contribution in [1.29, 1.82) is 0 Å². The molecule has 1 aliphatic heterocycles. The number of nitrogens with one attached hydrogen (secondary N) is 1. The smallest absolute Gasteiger partial charge is 0.240 e. The Hall–Kier alpha value is -1.39. The van der Waals surface area contributed by atoms with Crippen LogP contribution in [0.4, 0.5) is 0 Å². The lowest BCUT2D eigenvalue weighted by atomic mass is 10.0. The maximum absolute atomic E-state index is 12.3. The summed E-state index contributed by atoms with van der Waals surface area (Å²) in [6.45, 7) is 2.69. The minimum Gasteiger partial charge on any atom is -0.378 e. The highest BCUT2D eigenvalue weighted by Crippen LogP contribution is 2.07. The molecule has 0 bridgehead atoms. The molecule has 0 aliphatic carbocycles. The first-order chi connectivity index (χ1) is 8.81. The summed E-state index contributed by atoms with van der Waals surface area (Å²) in [6.07, 6.45) is 0.730. The molecule has 1 aliphatic rings. The third-order valence-electron chi connectivity index (χ3n) is 3.25. The molecule has 1 aromatic carbocycles. The zero-order chi connectivity index (χ0) is 12.8. The summed E-state index contributed by atoms with van der Waals surface area (Å²) < 4.78 is 5.27. The van der Waals surface area contributed by atoms with E-state index in [1.807, 2.05) is 30.1 Å². The molecule has 1 amide bonds. The standard InChI is InChI=1S/C14H20N2O2/c1-15-13(11-12-5-3-2-4-6-12)14(17)16-7-9-18-10-8-16/h2-6,13,15H,7-11H2,1H3. The van der Waals surface area contributed by atoms with E-state index in [4.69, 9.17) is 4.74 Å². The van der Waals surface area contributed by atoms with Crippen LogP contribution >= 0.6 is 0 Å². The molecule has 1 heterocycles. The lowest BCUT2D eigenvalue weighted by Gasteiger charge is -2.30. The molecule has 0 saturated carbocycles. The Labute approximate surface area is 108 Å². The van der Waals surface area contributed by atoms with Gasteiger partial charge in [-0.3, -0.25) is 4.79 Å². The average Bonchev–Trinajstić information content (AvgIpc) is 2.46. The highest BCUT2D eigenvalue weighted by Gasteiger charge is 2.24. The van der Waals surface area contributed by atoms with Gasteiger partial charge in [-0.1, -0.05) is 30.3 Å². The summed E-state index contributed by atoms with van der Waals surface area (Å²) >= 11 is 0. The Morgan fingerprint density at radius 1 is 1.33 bits per heavy atom. The fourth-order valence-electron chi connectivity index (χ4n) is 2.17. The molecular weight excluding hydrogens is 228 g/mol. The molecule has 1 N–H and O–H groups in total. The SMILES string of the molecule is CNC(Cc1ccccc1)C(=O)N1CCOCC1. The van der Waals surface area contributed by atoms with Crippen molar-refractivity contribution >= 4 is 5.91 Å². The first-order valence-electron chi connectivity index (χ1n) is 6.39. The maximum Gasteiger partial charge on any atom is 0.240 e. The van der Waals surface area contributed by atoms with E-state index in [0.29, 0.717) is 26.3 Å². The number of benzene rings is 1. The third-order valence-corrected chi connectivity index (χ3v) is 3.25. The van der Waals surface area contributed by atoms with Crippen molar-refractivity contribution in [2.45, 2.75) is 12.5 Å². The third kappa shape index (κ3) is 3.31. The zero-order valence-electron chi connectivity index (χ0n) is 10.8. The summed E-state index contributed by atoms with van der Waals surface area (Å²) in [5.41, 5.74) is 1.18. The number of carbonyl (C=O) groups is 1. The van der Waals surface area contributed by atoms with E-state index in [0.717, 1.165) is 6.42 Å². The quantitative estimate of drug-likeness (QED) is 0.852. The van der Waals surface area contributed by atoms with E-state index in [9.17, 15) is 4.79 Å². The highest BCUT2D eigenvalue weighted by atomic mass is 16.5. The number of hydrogen-bond donors (Lipinski definition) is 1. The van der Waals surface area contributed by atoms with E-state index >= 15 is 0 Å². The van der Waals surface area contributed by atoms with Gasteiger partial charge < -0.3 is 15.0 Å². The molecule has 1 saturated heterocycles. The Kier molecular flexibility index (Phi) is 4.73. The fraction of sp³-hybridized carbons (Fsp3) is 0.500. The van der Waals surface area contributed by atoms with Gasteiger partial charge in [0.15, 0.2) is 0 Å². The monoisotopic (exact) mass is 248 g/mol. The largest absolute Gasteiger partial charge is 0.378 e. The van der Waals surface area contributed by atoms with Crippen LogP contribution in [0.2, 0.25) is 0 Å². The normalized spacial score (nSPS) is 17.5. The van der Waals surface area contributed by atoms with Gasteiger partial charge in [-0.2, -0.15) is 0 Å². The number of likely N-dealkylation sites (N-methyl/N-ethyl adjacent to an activating group) is 1. The van der Waals surface area contributed by atoms with Crippen LogP contribution in [-0.2, 0) is 16.0 Å². The summed E-state index contributed by atoms with van der Waals surface area (Å²) in [6, 6.07) is 9.95. The second kappa shape index (κ2) is 6.52. The number of nitrogens with zero attached hydrogens (tertiary/aromatic N) is 1. The Morgan fingerprint density at radius 2 is 2.00 bits per heavy atom. The second-order valence-electron chi connectivity index (χ2n) is 4.47. The van der Waals surface area contributed by atoms with Crippen LogP contribution in [0.3, 0.4) is 0 Å². The fourth-order valence-corrected chi connectivity index (χ4v) is 2.17. The van der Waals surface area contributed by atoms with E-state index in [-0.39, 0.29) is 11.9 Å². The minimum absolute atomic E-state index is 0.148. The van der Waals surface area contributed by atoms with Crippen molar-refractivity contribution in [3.63, 3.8) is 0 Å². The van der Waals surface area contributed by atoms with Crippen LogP contribution in [-0.4, -0.2) is 50.2 Å². The summed E-state index contributed by atoms with van der Waals surface area (Å²) in [4.78, 5) is 14.2. The van der Waals surface area contributed by atoms with Gasteiger partial charge >= 0.3 is 0 Å². The molecule has 0 aromatic heterocycles. The Balaban J connectivity index is 1.97. The van der Waals surface area contributed by atoms with Crippen molar-refractivity contribution in [3.05, 3.63) is 35.9 Å². The minimum atomic E-state index is -0.148. The van der Waals surface area contributed by atoms with Crippen molar-refractivity contribution in [3.8, 4) is 0 Å². The van der Waals surface area contributed by atoms with Crippen molar-refractivity contribution in [2.75, 3.05) is 33.4 Å². The van der Waals surface area contributed by atoms with Gasteiger partial charge in [0.2, 0.25) is 5.91 Å². The van der Waals surface area contributed by atoms with E-state index < -0.39 is 0 Å². The van der Waals surface area contributed by atoms with E-state index in [2.05, 4.69) is 17.4 Å². The summed E-state index contributed by atoms with van der Waals surface area (Å²) in [7, 11) is 1.84. The van der Waals surface area contributed by atoms with Crippen LogP contribution in [0.15, 0.2) is 30.3 Å². The van der Waals surface area contributed by atoms with Crippen molar-refractivity contribution in [1.82, 2.24) is 10.2 Å². The number of hydrogen-bond acceptors (Lipinski definition) is 3. The predicted molar refractivity (Wildman–Crippen MR) is 70.4 cm³/mol. The highest BCUT2D eigenvalue weighted by molar-refractivity contribution is 5.82. The molecule has 1 atom stereocenters. The van der Waals surface area contributed by atoms with Gasteiger partial charge in [-0.15, -0.1) is 0 Å². The van der Waals surface area contributed by atoms with Crippen LogP contribution in [0, 0.1) is 0 Å². The first-order valence-corrected chi connectivity index (χ1v) is 6.39. The molecule has 1 unspecified atom stereocenters. The number of ether oxygens (including phenoxy) is 1. The molecular formula is C14H20N2O2.